The molecule has 0 spiro atoms. The van der Waals surface area contributed by atoms with Crippen LogP contribution in [0.15, 0.2) is 44.0 Å². The summed E-state index contributed by atoms with van der Waals surface area (Å²) in [5, 5.41) is 9.76. The third kappa shape index (κ3) is 4.21. The lowest BCUT2D eigenvalue weighted by molar-refractivity contribution is 0.495. The summed E-state index contributed by atoms with van der Waals surface area (Å²) >= 11 is 10.6. The second-order valence-electron chi connectivity index (χ2n) is 6.42. The number of rotatable bonds is 7. The normalized spacial score (nSPS) is 11.5. The SMILES string of the molecule is CCCCCCn1nc2c(-c3ccc(Br)s3)ccc(-c3ccc(Br)s3)c2n1. The minimum atomic E-state index is 0.871. The Morgan fingerprint density at radius 2 is 1.33 bits per heavy atom. The first-order valence-corrected chi connectivity index (χ1v) is 12.3. The highest BCUT2D eigenvalue weighted by molar-refractivity contribution is 9.11. The second kappa shape index (κ2) is 8.55. The molecule has 0 bridgehead atoms. The Balaban J connectivity index is 1.79. The first kappa shape index (κ1) is 19.3. The molecule has 4 aromatic rings. The average molecular weight is 525 g/mol. The summed E-state index contributed by atoms with van der Waals surface area (Å²) in [6.07, 6.45) is 4.85. The number of aryl methyl sites for hydroxylation is 1. The van der Waals surface area contributed by atoms with Crippen LogP contribution in [0.1, 0.15) is 32.6 Å². The molecule has 0 saturated carbocycles. The first-order chi connectivity index (χ1) is 13.2. The van der Waals surface area contributed by atoms with Gasteiger partial charge in [0.25, 0.3) is 0 Å². The molecular weight excluding hydrogens is 506 g/mol. The number of hydrogen-bond donors (Lipinski definition) is 0. The predicted molar refractivity (Wildman–Crippen MR) is 124 cm³/mol. The number of unbranched alkanes of at least 4 members (excludes halogenated alkanes) is 3. The van der Waals surface area contributed by atoms with Crippen molar-refractivity contribution in [1.82, 2.24) is 15.0 Å². The molecular formula is C20H19Br2N3S2. The van der Waals surface area contributed by atoms with Gasteiger partial charge in [0.05, 0.1) is 14.1 Å². The molecule has 0 fully saturated rings. The summed E-state index contributed by atoms with van der Waals surface area (Å²) in [7, 11) is 0. The highest BCUT2D eigenvalue weighted by Gasteiger charge is 2.17. The Kier molecular flexibility index (Phi) is 6.12. The molecule has 0 N–H and O–H groups in total. The average Bonchev–Trinajstić information content (AvgIpc) is 3.37. The number of benzene rings is 1. The predicted octanol–water partition coefficient (Wildman–Crippen LogP) is 7.99. The smallest absolute Gasteiger partial charge is 0.122 e. The van der Waals surface area contributed by atoms with E-state index in [0.29, 0.717) is 0 Å². The van der Waals surface area contributed by atoms with Crippen molar-refractivity contribution in [2.75, 3.05) is 0 Å². The Morgan fingerprint density at radius 1 is 0.778 bits per heavy atom. The summed E-state index contributed by atoms with van der Waals surface area (Å²) in [6, 6.07) is 12.8. The van der Waals surface area contributed by atoms with Crippen LogP contribution >= 0.6 is 54.5 Å². The van der Waals surface area contributed by atoms with E-state index >= 15 is 0 Å². The van der Waals surface area contributed by atoms with Crippen LogP contribution in [-0.2, 0) is 6.54 Å². The highest BCUT2D eigenvalue weighted by atomic mass is 79.9. The van der Waals surface area contributed by atoms with Gasteiger partial charge in [-0.25, -0.2) is 0 Å². The zero-order valence-electron chi connectivity index (χ0n) is 14.9. The lowest BCUT2D eigenvalue weighted by Crippen LogP contribution is -2.02. The van der Waals surface area contributed by atoms with Gasteiger partial charge in [0.15, 0.2) is 0 Å². The van der Waals surface area contributed by atoms with Crippen molar-refractivity contribution in [2.45, 2.75) is 39.2 Å². The van der Waals surface area contributed by atoms with Gasteiger partial charge in [-0.2, -0.15) is 15.0 Å². The lowest BCUT2D eigenvalue weighted by Gasteiger charge is -2.02. The van der Waals surface area contributed by atoms with Crippen LogP contribution in [0.25, 0.3) is 31.9 Å². The molecule has 1 aromatic carbocycles. The van der Waals surface area contributed by atoms with Crippen molar-refractivity contribution in [3.05, 3.63) is 44.0 Å². The van der Waals surface area contributed by atoms with E-state index in [4.69, 9.17) is 10.2 Å². The van der Waals surface area contributed by atoms with E-state index in [0.717, 1.165) is 42.7 Å². The number of nitrogens with zero attached hydrogens (tertiary/aromatic N) is 3. The zero-order chi connectivity index (χ0) is 18.8. The third-order valence-corrected chi connectivity index (χ3v) is 7.78. The maximum Gasteiger partial charge on any atom is 0.122 e. The highest BCUT2D eigenvalue weighted by Crippen LogP contribution is 2.40. The molecule has 140 valence electrons. The molecule has 0 aliphatic rings. The molecule has 3 aromatic heterocycles. The van der Waals surface area contributed by atoms with Gasteiger partial charge in [-0.3, -0.25) is 0 Å². The van der Waals surface area contributed by atoms with Crippen molar-refractivity contribution < 1.29 is 0 Å². The quantitative estimate of drug-likeness (QED) is 0.229. The molecule has 0 atom stereocenters. The molecule has 3 nitrogen and oxygen atoms in total. The first-order valence-electron chi connectivity index (χ1n) is 9.05. The van der Waals surface area contributed by atoms with E-state index in [1.807, 2.05) is 4.80 Å². The molecule has 0 unspecified atom stereocenters. The second-order valence-corrected chi connectivity index (χ2v) is 11.3. The molecule has 0 aliphatic heterocycles. The van der Waals surface area contributed by atoms with Crippen LogP contribution in [0.4, 0.5) is 0 Å². The summed E-state index contributed by atoms with van der Waals surface area (Å²) < 4.78 is 2.26. The van der Waals surface area contributed by atoms with Gasteiger partial charge in [-0.1, -0.05) is 38.3 Å². The Labute approximate surface area is 183 Å². The minimum Gasteiger partial charge on any atom is -0.184 e. The van der Waals surface area contributed by atoms with Crippen LogP contribution in [0.2, 0.25) is 0 Å². The molecule has 3 heterocycles. The van der Waals surface area contributed by atoms with Crippen molar-refractivity contribution in [1.29, 1.82) is 0 Å². The van der Waals surface area contributed by atoms with Gasteiger partial charge in [-0.15, -0.1) is 22.7 Å². The maximum absolute atomic E-state index is 4.88. The topological polar surface area (TPSA) is 30.7 Å². The minimum absolute atomic E-state index is 0.871. The Hall–Kier alpha value is -1.02. The van der Waals surface area contributed by atoms with Gasteiger partial charge in [0, 0.05) is 20.9 Å². The van der Waals surface area contributed by atoms with Gasteiger partial charge < -0.3 is 0 Å². The number of thiophene rings is 2. The fourth-order valence-electron chi connectivity index (χ4n) is 3.13. The molecule has 0 amide bonds. The van der Waals surface area contributed by atoms with Crippen molar-refractivity contribution in [2.24, 2.45) is 0 Å². The van der Waals surface area contributed by atoms with Crippen LogP contribution < -0.4 is 0 Å². The van der Waals surface area contributed by atoms with Crippen LogP contribution in [0.5, 0.6) is 0 Å². The van der Waals surface area contributed by atoms with Crippen LogP contribution in [0, 0.1) is 0 Å². The molecule has 0 radical (unpaired) electrons. The largest absolute Gasteiger partial charge is 0.184 e. The fourth-order valence-corrected chi connectivity index (χ4v) is 5.96. The van der Waals surface area contributed by atoms with Gasteiger partial charge in [-0.05, 0) is 62.5 Å². The maximum atomic E-state index is 4.88. The van der Waals surface area contributed by atoms with E-state index in [9.17, 15) is 0 Å². The third-order valence-electron chi connectivity index (χ3n) is 4.47. The van der Waals surface area contributed by atoms with Gasteiger partial charge in [0.1, 0.15) is 11.0 Å². The summed E-state index contributed by atoms with van der Waals surface area (Å²) in [4.78, 5) is 4.31. The molecule has 4 rings (SSSR count). The van der Waals surface area contributed by atoms with E-state index in [2.05, 4.69) is 75.2 Å². The number of hydrogen-bond acceptors (Lipinski definition) is 4. The van der Waals surface area contributed by atoms with Crippen molar-refractivity contribution >= 4 is 65.6 Å². The number of halogens is 2. The Bertz CT molecular complexity index is 987. The molecule has 0 aliphatic carbocycles. The van der Waals surface area contributed by atoms with E-state index < -0.39 is 0 Å². The zero-order valence-corrected chi connectivity index (χ0v) is 19.7. The summed E-state index contributed by atoms with van der Waals surface area (Å²) in [6.45, 7) is 3.10. The number of aromatic nitrogens is 3. The molecule has 0 saturated heterocycles. The van der Waals surface area contributed by atoms with Crippen molar-refractivity contribution in [3.63, 3.8) is 0 Å². The van der Waals surface area contributed by atoms with E-state index in [-0.39, 0.29) is 0 Å². The van der Waals surface area contributed by atoms with Crippen LogP contribution in [-0.4, -0.2) is 15.0 Å². The van der Waals surface area contributed by atoms with E-state index in [1.54, 1.807) is 22.7 Å². The fraction of sp³-hybridized carbons (Fsp3) is 0.300. The summed E-state index contributed by atoms with van der Waals surface area (Å²) in [5.74, 6) is 0. The molecule has 27 heavy (non-hydrogen) atoms. The number of fused-ring (bicyclic) bond motifs is 1. The van der Waals surface area contributed by atoms with Gasteiger partial charge in [0.2, 0.25) is 0 Å². The van der Waals surface area contributed by atoms with Crippen LogP contribution in [0.3, 0.4) is 0 Å². The standard InChI is InChI=1S/C20H19Br2N3S2/c1-2-3-4-5-12-25-23-19-13(15-8-10-17(21)26-15)6-7-14(20(19)24-25)16-9-11-18(22)27-16/h6-11H,2-5,12H2,1H3. The van der Waals surface area contributed by atoms with Crippen molar-refractivity contribution in [3.8, 4) is 20.9 Å². The lowest BCUT2D eigenvalue weighted by atomic mass is 10.1. The summed E-state index contributed by atoms with van der Waals surface area (Å²) in [5.41, 5.74) is 4.28. The van der Waals surface area contributed by atoms with E-state index in [1.165, 1.54) is 29.0 Å². The molecule has 7 heteroatoms. The Morgan fingerprint density at radius 3 is 1.78 bits per heavy atom. The van der Waals surface area contributed by atoms with Gasteiger partial charge >= 0.3 is 0 Å². The monoisotopic (exact) mass is 523 g/mol.